The highest BCUT2D eigenvalue weighted by molar-refractivity contribution is 5.92. The van der Waals surface area contributed by atoms with Gasteiger partial charge in [-0.15, -0.1) is 0 Å². The van der Waals surface area contributed by atoms with Gasteiger partial charge in [-0.2, -0.15) is 5.26 Å². The van der Waals surface area contributed by atoms with Crippen molar-refractivity contribution in [3.8, 4) is 6.07 Å². The summed E-state index contributed by atoms with van der Waals surface area (Å²) in [6, 6.07) is 13.2. The Morgan fingerprint density at radius 1 is 1.37 bits per heavy atom. The van der Waals surface area contributed by atoms with Crippen LogP contribution in [0.15, 0.2) is 42.5 Å². The lowest BCUT2D eigenvalue weighted by atomic mass is 9.78. The molecular formula is C23H23FN4O2. The van der Waals surface area contributed by atoms with E-state index >= 15 is 0 Å². The first kappa shape index (κ1) is 20.0. The van der Waals surface area contributed by atoms with Gasteiger partial charge in [0.1, 0.15) is 5.82 Å². The van der Waals surface area contributed by atoms with Gasteiger partial charge in [-0.3, -0.25) is 10.1 Å². The maximum Gasteiger partial charge on any atom is 0.229 e. The number of aliphatic hydroxyl groups is 1. The molecule has 1 heterocycles. The minimum absolute atomic E-state index is 0.0678. The number of carbonyl (C=O) groups excluding carboxylic acids is 1. The Labute approximate surface area is 174 Å². The van der Waals surface area contributed by atoms with E-state index in [1.807, 2.05) is 4.57 Å². The number of halogens is 1. The molecule has 7 heteroatoms. The van der Waals surface area contributed by atoms with Crippen molar-refractivity contribution in [1.82, 2.24) is 9.55 Å². The quantitative estimate of drug-likeness (QED) is 0.665. The SMILES string of the molecule is CC1(n2c(NC(=O)C[C@@](C)(O)c3ccccc3F)nc3ccc(C#N)cc32)CCC1. The lowest BCUT2D eigenvalue weighted by Gasteiger charge is -2.41. The Kier molecular flexibility index (Phi) is 4.83. The number of benzene rings is 2. The summed E-state index contributed by atoms with van der Waals surface area (Å²) in [6.45, 7) is 3.52. The molecule has 0 spiro atoms. The largest absolute Gasteiger partial charge is 0.385 e. The van der Waals surface area contributed by atoms with Crippen LogP contribution in [0.1, 0.15) is 50.7 Å². The molecule has 0 aliphatic heterocycles. The van der Waals surface area contributed by atoms with Crippen LogP contribution in [0.2, 0.25) is 0 Å². The van der Waals surface area contributed by atoms with E-state index in [-0.39, 0.29) is 17.5 Å². The van der Waals surface area contributed by atoms with E-state index in [2.05, 4.69) is 23.3 Å². The topological polar surface area (TPSA) is 90.9 Å². The summed E-state index contributed by atoms with van der Waals surface area (Å²) in [6.07, 6.45) is 2.62. The van der Waals surface area contributed by atoms with E-state index in [1.165, 1.54) is 25.1 Å². The molecule has 3 aromatic rings. The summed E-state index contributed by atoms with van der Waals surface area (Å²) in [4.78, 5) is 17.4. The number of aromatic nitrogens is 2. The summed E-state index contributed by atoms with van der Waals surface area (Å²) in [5, 5.41) is 22.8. The van der Waals surface area contributed by atoms with E-state index < -0.39 is 17.3 Å². The minimum atomic E-state index is -1.67. The highest BCUT2D eigenvalue weighted by Gasteiger charge is 2.38. The molecule has 1 aliphatic carbocycles. The molecule has 2 aromatic carbocycles. The smallest absolute Gasteiger partial charge is 0.229 e. The number of carbonyl (C=O) groups is 1. The standard InChI is InChI=1S/C23H23FN4O2/c1-22(10-5-11-22)28-19-12-15(14-25)8-9-18(19)26-21(28)27-20(29)13-23(2,30)16-6-3-4-7-17(16)24/h3-4,6-9,12,30H,5,10-11,13H2,1-2H3,(H,26,27,29)/t23-/m1/s1. The van der Waals surface area contributed by atoms with Crippen molar-refractivity contribution in [1.29, 1.82) is 5.26 Å². The first-order chi connectivity index (χ1) is 14.2. The number of hydrogen-bond donors (Lipinski definition) is 2. The maximum atomic E-state index is 14.1. The summed E-state index contributed by atoms with van der Waals surface area (Å²) < 4.78 is 16.1. The molecule has 1 aliphatic rings. The molecule has 4 rings (SSSR count). The Morgan fingerprint density at radius 3 is 2.73 bits per heavy atom. The van der Waals surface area contributed by atoms with Gasteiger partial charge in [-0.1, -0.05) is 18.2 Å². The molecule has 0 radical (unpaired) electrons. The summed E-state index contributed by atoms with van der Waals surface area (Å²) in [7, 11) is 0. The third-order valence-electron chi connectivity index (χ3n) is 5.96. The number of amides is 1. The van der Waals surface area contributed by atoms with Crippen molar-refractivity contribution < 1.29 is 14.3 Å². The predicted molar refractivity (Wildman–Crippen MR) is 111 cm³/mol. The Bertz CT molecular complexity index is 1170. The van der Waals surface area contributed by atoms with Crippen LogP contribution in [-0.4, -0.2) is 20.6 Å². The van der Waals surface area contributed by atoms with Crippen molar-refractivity contribution in [2.75, 3.05) is 5.32 Å². The van der Waals surface area contributed by atoms with E-state index in [0.29, 0.717) is 17.0 Å². The fraction of sp³-hybridized carbons (Fsp3) is 0.348. The minimum Gasteiger partial charge on any atom is -0.385 e. The molecule has 0 saturated heterocycles. The van der Waals surface area contributed by atoms with Crippen LogP contribution < -0.4 is 5.32 Å². The van der Waals surface area contributed by atoms with Gasteiger partial charge in [0.25, 0.3) is 0 Å². The number of nitriles is 1. The number of rotatable bonds is 5. The summed E-state index contributed by atoms with van der Waals surface area (Å²) in [5.74, 6) is -0.659. The third-order valence-corrected chi connectivity index (χ3v) is 5.96. The van der Waals surface area contributed by atoms with Crippen molar-refractivity contribution in [2.45, 2.75) is 50.7 Å². The molecule has 0 unspecified atom stereocenters. The van der Waals surface area contributed by atoms with Gasteiger partial charge in [0, 0.05) is 11.1 Å². The van der Waals surface area contributed by atoms with Crippen LogP contribution in [0.3, 0.4) is 0 Å². The highest BCUT2D eigenvalue weighted by Crippen LogP contribution is 2.43. The van der Waals surface area contributed by atoms with Crippen molar-refractivity contribution >= 4 is 22.9 Å². The Hall–Kier alpha value is -3.24. The molecule has 1 amide bonds. The van der Waals surface area contributed by atoms with E-state index in [9.17, 15) is 19.6 Å². The fourth-order valence-corrected chi connectivity index (χ4v) is 4.16. The first-order valence-electron chi connectivity index (χ1n) is 9.94. The second-order valence-corrected chi connectivity index (χ2v) is 8.42. The molecular weight excluding hydrogens is 383 g/mol. The predicted octanol–water partition coefficient (Wildman–Crippen LogP) is 4.18. The summed E-state index contributed by atoms with van der Waals surface area (Å²) >= 11 is 0. The van der Waals surface area contributed by atoms with Gasteiger partial charge in [0.05, 0.1) is 34.7 Å². The van der Waals surface area contributed by atoms with Crippen LogP contribution in [0.25, 0.3) is 11.0 Å². The second-order valence-electron chi connectivity index (χ2n) is 8.42. The monoisotopic (exact) mass is 406 g/mol. The number of nitrogens with zero attached hydrogens (tertiary/aromatic N) is 3. The number of nitrogens with one attached hydrogen (secondary N) is 1. The molecule has 1 fully saturated rings. The number of hydrogen-bond acceptors (Lipinski definition) is 4. The lowest BCUT2D eigenvalue weighted by molar-refractivity contribution is -0.120. The van der Waals surface area contributed by atoms with Crippen LogP contribution >= 0.6 is 0 Å². The molecule has 30 heavy (non-hydrogen) atoms. The Morgan fingerprint density at radius 2 is 2.10 bits per heavy atom. The lowest BCUT2D eigenvalue weighted by Crippen LogP contribution is -2.39. The van der Waals surface area contributed by atoms with Gasteiger partial charge in [0.2, 0.25) is 11.9 Å². The normalized spacial score (nSPS) is 17.0. The molecule has 2 N–H and O–H groups in total. The molecule has 6 nitrogen and oxygen atoms in total. The van der Waals surface area contributed by atoms with E-state index in [0.717, 1.165) is 24.8 Å². The highest BCUT2D eigenvalue weighted by atomic mass is 19.1. The van der Waals surface area contributed by atoms with Crippen molar-refractivity contribution in [3.63, 3.8) is 0 Å². The first-order valence-corrected chi connectivity index (χ1v) is 9.94. The van der Waals surface area contributed by atoms with Crippen LogP contribution in [0.4, 0.5) is 10.3 Å². The number of anilines is 1. The second kappa shape index (κ2) is 7.22. The molecule has 154 valence electrons. The van der Waals surface area contributed by atoms with E-state index in [4.69, 9.17) is 0 Å². The Balaban J connectivity index is 1.67. The summed E-state index contributed by atoms with van der Waals surface area (Å²) in [5.41, 5.74) is 0.177. The van der Waals surface area contributed by atoms with Crippen LogP contribution in [0, 0.1) is 17.1 Å². The zero-order valence-electron chi connectivity index (χ0n) is 16.9. The molecule has 0 bridgehead atoms. The van der Waals surface area contributed by atoms with Gasteiger partial charge >= 0.3 is 0 Å². The van der Waals surface area contributed by atoms with E-state index in [1.54, 1.807) is 24.3 Å². The van der Waals surface area contributed by atoms with Gasteiger partial charge in [-0.25, -0.2) is 9.37 Å². The molecule has 1 saturated carbocycles. The average molecular weight is 406 g/mol. The fourth-order valence-electron chi connectivity index (χ4n) is 4.16. The third kappa shape index (κ3) is 3.44. The maximum absolute atomic E-state index is 14.1. The van der Waals surface area contributed by atoms with Crippen molar-refractivity contribution in [3.05, 3.63) is 59.4 Å². The zero-order valence-corrected chi connectivity index (χ0v) is 16.9. The number of imidazole rings is 1. The van der Waals surface area contributed by atoms with Gasteiger partial charge in [0.15, 0.2) is 0 Å². The van der Waals surface area contributed by atoms with Gasteiger partial charge < -0.3 is 9.67 Å². The van der Waals surface area contributed by atoms with Crippen molar-refractivity contribution in [2.24, 2.45) is 0 Å². The average Bonchev–Trinajstić information content (AvgIpc) is 3.02. The number of fused-ring (bicyclic) bond motifs is 1. The zero-order chi connectivity index (χ0) is 21.5. The van der Waals surface area contributed by atoms with Gasteiger partial charge in [-0.05, 0) is 57.4 Å². The molecule has 1 atom stereocenters. The van der Waals surface area contributed by atoms with Crippen LogP contribution in [-0.2, 0) is 15.9 Å². The van der Waals surface area contributed by atoms with Crippen LogP contribution in [0.5, 0.6) is 0 Å². The molecule has 1 aromatic heterocycles.